The molecule has 0 unspecified atom stereocenters. The number of nitrogens with zero attached hydrogens (tertiary/aromatic N) is 1. The van der Waals surface area contributed by atoms with Gasteiger partial charge in [0.15, 0.2) is 0 Å². The number of pyridine rings is 1. The average molecular weight is 241 g/mol. The Morgan fingerprint density at radius 2 is 2.27 bits per heavy atom. The molecule has 0 fully saturated rings. The second kappa shape index (κ2) is 4.59. The van der Waals surface area contributed by atoms with Gasteiger partial charge in [-0.15, -0.1) is 0 Å². The van der Waals surface area contributed by atoms with Crippen molar-refractivity contribution in [3.8, 4) is 0 Å². The van der Waals surface area contributed by atoms with E-state index in [1.807, 2.05) is 12.1 Å². The highest BCUT2D eigenvalue weighted by Crippen LogP contribution is 2.27. The molecule has 2 aromatic rings. The van der Waals surface area contributed by atoms with Gasteiger partial charge in [0.25, 0.3) is 0 Å². The molecule has 15 heavy (non-hydrogen) atoms. The van der Waals surface area contributed by atoms with E-state index in [0.717, 1.165) is 10.8 Å². The number of nitrogens with two attached hydrogens (primary N) is 1. The highest BCUT2D eigenvalue weighted by atomic mass is 35.5. The summed E-state index contributed by atoms with van der Waals surface area (Å²) in [6.45, 7) is 0. The second-order valence-electron chi connectivity index (χ2n) is 2.90. The van der Waals surface area contributed by atoms with Gasteiger partial charge in [-0.3, -0.25) is 0 Å². The van der Waals surface area contributed by atoms with E-state index in [1.165, 1.54) is 11.8 Å². The lowest BCUT2D eigenvalue weighted by Gasteiger charge is -2.02. The SMILES string of the molecule is Nc1ccc(Cl)nc1SCc1ccco1. The van der Waals surface area contributed by atoms with E-state index < -0.39 is 0 Å². The first-order valence-electron chi connectivity index (χ1n) is 4.33. The van der Waals surface area contributed by atoms with Crippen molar-refractivity contribution < 1.29 is 4.42 Å². The van der Waals surface area contributed by atoms with Gasteiger partial charge in [-0.2, -0.15) is 0 Å². The maximum Gasteiger partial charge on any atom is 0.130 e. The molecule has 2 heterocycles. The van der Waals surface area contributed by atoms with Gasteiger partial charge in [-0.25, -0.2) is 4.98 Å². The number of hydrogen-bond acceptors (Lipinski definition) is 4. The van der Waals surface area contributed by atoms with Crippen molar-refractivity contribution in [2.75, 3.05) is 5.73 Å². The Hall–Kier alpha value is -1.13. The van der Waals surface area contributed by atoms with Crippen LogP contribution in [0.3, 0.4) is 0 Å². The summed E-state index contributed by atoms with van der Waals surface area (Å²) in [5.74, 6) is 1.59. The van der Waals surface area contributed by atoms with E-state index in [9.17, 15) is 0 Å². The second-order valence-corrected chi connectivity index (χ2v) is 4.25. The van der Waals surface area contributed by atoms with Crippen molar-refractivity contribution in [1.82, 2.24) is 4.98 Å². The molecule has 0 saturated carbocycles. The molecule has 0 spiro atoms. The largest absolute Gasteiger partial charge is 0.468 e. The Bertz CT molecular complexity index is 445. The monoisotopic (exact) mass is 240 g/mol. The first kappa shape index (κ1) is 10.4. The number of aromatic nitrogens is 1. The van der Waals surface area contributed by atoms with Crippen LogP contribution >= 0.6 is 23.4 Å². The maximum absolute atomic E-state index is 5.77. The third-order valence-electron chi connectivity index (χ3n) is 1.79. The molecule has 0 aliphatic rings. The van der Waals surface area contributed by atoms with Gasteiger partial charge in [0.2, 0.25) is 0 Å². The van der Waals surface area contributed by atoms with Crippen molar-refractivity contribution in [1.29, 1.82) is 0 Å². The summed E-state index contributed by atoms with van der Waals surface area (Å²) in [5, 5.41) is 1.19. The number of nitrogen functional groups attached to an aromatic ring is 1. The van der Waals surface area contributed by atoms with Crippen molar-refractivity contribution in [2.45, 2.75) is 10.8 Å². The molecule has 0 atom stereocenters. The molecular formula is C10H9ClN2OS. The molecule has 0 aliphatic carbocycles. The number of rotatable bonds is 3. The molecule has 78 valence electrons. The first-order chi connectivity index (χ1) is 7.25. The van der Waals surface area contributed by atoms with Crippen LogP contribution in [0, 0.1) is 0 Å². The highest BCUT2D eigenvalue weighted by molar-refractivity contribution is 7.98. The predicted molar refractivity (Wildman–Crippen MR) is 61.9 cm³/mol. The minimum absolute atomic E-state index is 0.450. The average Bonchev–Trinajstić information content (AvgIpc) is 2.72. The number of halogens is 1. The molecule has 2 aromatic heterocycles. The molecule has 0 radical (unpaired) electrons. The van der Waals surface area contributed by atoms with Crippen LogP contribution in [0.15, 0.2) is 40.0 Å². The summed E-state index contributed by atoms with van der Waals surface area (Å²) in [4.78, 5) is 4.13. The normalized spacial score (nSPS) is 10.5. The Morgan fingerprint density at radius 1 is 1.40 bits per heavy atom. The minimum atomic E-state index is 0.450. The van der Waals surface area contributed by atoms with Crippen LogP contribution in [0.1, 0.15) is 5.76 Å². The lowest BCUT2D eigenvalue weighted by molar-refractivity contribution is 0.530. The summed E-state index contributed by atoms with van der Waals surface area (Å²) < 4.78 is 5.20. The van der Waals surface area contributed by atoms with Crippen LogP contribution in [0.4, 0.5) is 5.69 Å². The van der Waals surface area contributed by atoms with Gasteiger partial charge in [0.05, 0.1) is 17.7 Å². The smallest absolute Gasteiger partial charge is 0.130 e. The summed E-state index contributed by atoms with van der Waals surface area (Å²) >= 11 is 7.28. The molecular weight excluding hydrogens is 232 g/mol. The van der Waals surface area contributed by atoms with Crippen molar-refractivity contribution in [3.05, 3.63) is 41.4 Å². The molecule has 0 aliphatic heterocycles. The topological polar surface area (TPSA) is 52.0 Å². The predicted octanol–water partition coefficient (Wildman–Crippen LogP) is 3.20. The standard InChI is InChI=1S/C10H9ClN2OS/c11-9-4-3-8(12)10(13-9)15-6-7-2-1-5-14-7/h1-5H,6,12H2. The lowest BCUT2D eigenvalue weighted by atomic mass is 10.4. The van der Waals surface area contributed by atoms with Crippen LogP contribution in [-0.4, -0.2) is 4.98 Å². The summed E-state index contributed by atoms with van der Waals surface area (Å²) in [5.41, 5.74) is 6.39. The third kappa shape index (κ3) is 2.67. The molecule has 3 nitrogen and oxygen atoms in total. The first-order valence-corrected chi connectivity index (χ1v) is 5.69. The van der Waals surface area contributed by atoms with Gasteiger partial charge in [-0.05, 0) is 24.3 Å². The van der Waals surface area contributed by atoms with E-state index in [-0.39, 0.29) is 0 Å². The molecule has 2 rings (SSSR count). The van der Waals surface area contributed by atoms with E-state index in [0.29, 0.717) is 16.6 Å². The van der Waals surface area contributed by atoms with E-state index in [2.05, 4.69) is 4.98 Å². The Kier molecular flexibility index (Phi) is 3.18. The van der Waals surface area contributed by atoms with Crippen molar-refractivity contribution >= 4 is 29.1 Å². The Labute approximate surface area is 96.6 Å². The van der Waals surface area contributed by atoms with Crippen LogP contribution < -0.4 is 5.73 Å². The van der Waals surface area contributed by atoms with Gasteiger partial charge >= 0.3 is 0 Å². The summed E-state index contributed by atoms with van der Waals surface area (Å²) in [7, 11) is 0. The number of hydrogen-bond donors (Lipinski definition) is 1. The molecule has 0 saturated heterocycles. The van der Waals surface area contributed by atoms with Gasteiger partial charge < -0.3 is 10.2 Å². The van der Waals surface area contributed by atoms with E-state index >= 15 is 0 Å². The maximum atomic E-state index is 5.77. The fourth-order valence-corrected chi connectivity index (χ4v) is 2.12. The molecule has 2 N–H and O–H groups in total. The number of furan rings is 1. The minimum Gasteiger partial charge on any atom is -0.468 e. The van der Waals surface area contributed by atoms with Crippen LogP contribution in [0.25, 0.3) is 0 Å². The van der Waals surface area contributed by atoms with Crippen LogP contribution in [0.5, 0.6) is 0 Å². The third-order valence-corrected chi connectivity index (χ3v) is 3.03. The fraction of sp³-hybridized carbons (Fsp3) is 0.100. The molecule has 0 amide bonds. The Morgan fingerprint density at radius 3 is 3.00 bits per heavy atom. The van der Waals surface area contributed by atoms with Crippen LogP contribution in [0.2, 0.25) is 5.15 Å². The fourth-order valence-electron chi connectivity index (χ4n) is 1.08. The quantitative estimate of drug-likeness (QED) is 0.661. The summed E-state index contributed by atoms with van der Waals surface area (Å²) in [6, 6.07) is 7.19. The van der Waals surface area contributed by atoms with Gasteiger partial charge in [-0.1, -0.05) is 23.4 Å². The van der Waals surface area contributed by atoms with Crippen molar-refractivity contribution in [2.24, 2.45) is 0 Å². The van der Waals surface area contributed by atoms with Gasteiger partial charge in [0, 0.05) is 0 Å². The Balaban J connectivity index is 2.07. The zero-order valence-electron chi connectivity index (χ0n) is 7.81. The zero-order valence-corrected chi connectivity index (χ0v) is 9.39. The number of thioether (sulfide) groups is 1. The zero-order chi connectivity index (χ0) is 10.7. The van der Waals surface area contributed by atoms with E-state index in [4.69, 9.17) is 21.8 Å². The van der Waals surface area contributed by atoms with Gasteiger partial charge in [0.1, 0.15) is 15.9 Å². The van der Waals surface area contributed by atoms with Crippen LogP contribution in [-0.2, 0) is 5.75 Å². The lowest BCUT2D eigenvalue weighted by Crippen LogP contribution is -1.92. The molecule has 0 aromatic carbocycles. The van der Waals surface area contributed by atoms with E-state index in [1.54, 1.807) is 18.4 Å². The van der Waals surface area contributed by atoms with Crippen molar-refractivity contribution in [3.63, 3.8) is 0 Å². The molecule has 5 heteroatoms. The number of anilines is 1. The summed E-state index contributed by atoms with van der Waals surface area (Å²) in [6.07, 6.45) is 1.64. The molecule has 0 bridgehead atoms. The highest BCUT2D eigenvalue weighted by Gasteiger charge is 2.04.